The van der Waals surface area contributed by atoms with Crippen LogP contribution in [-0.2, 0) is 0 Å². The van der Waals surface area contributed by atoms with Crippen molar-refractivity contribution in [2.75, 3.05) is 0 Å². The van der Waals surface area contributed by atoms with Gasteiger partial charge < -0.3 is 0 Å². The highest BCUT2D eigenvalue weighted by Crippen LogP contribution is 2.37. The Kier molecular flexibility index (Phi) is 6.54. The van der Waals surface area contributed by atoms with Crippen LogP contribution in [0.15, 0.2) is 22.9 Å². The van der Waals surface area contributed by atoms with Gasteiger partial charge in [-0.3, -0.25) is 0 Å². The lowest BCUT2D eigenvalue weighted by molar-refractivity contribution is 0.867. The average molecular weight is 355 g/mol. The third-order valence-electron chi connectivity index (χ3n) is 6.73. The molecule has 1 aromatic rings. The summed E-state index contributed by atoms with van der Waals surface area (Å²) in [5, 5.41) is 3.51. The van der Waals surface area contributed by atoms with Crippen molar-refractivity contribution >= 4 is 13.3 Å². The highest BCUT2D eigenvalue weighted by Gasteiger charge is 2.38. The van der Waals surface area contributed by atoms with Crippen LogP contribution in [0.25, 0.3) is 0 Å². The van der Waals surface area contributed by atoms with Gasteiger partial charge >= 0.3 is 0 Å². The molecule has 25 heavy (non-hydrogen) atoms. The fraction of sp³-hybridized carbons (Fsp3) is 0.583. The van der Waals surface area contributed by atoms with Gasteiger partial charge in [0.2, 0.25) is 0 Å². The zero-order chi connectivity index (χ0) is 18.8. The van der Waals surface area contributed by atoms with E-state index in [-0.39, 0.29) is 0 Å². The van der Waals surface area contributed by atoms with Crippen molar-refractivity contribution < 1.29 is 0 Å². The summed E-state index contributed by atoms with van der Waals surface area (Å²) < 4.78 is 0. The zero-order valence-corrected chi connectivity index (χ0v) is 18.9. The second kappa shape index (κ2) is 8.08. The standard InChI is InChI=1S/C24H38Si/c1-9-11-16-25(8,23-15-12-14-22(23)13-10-2)24-20(6)18(4)17(3)19(5)21(24)7/h14-15H,9-13,16H2,1-8H3. The van der Waals surface area contributed by atoms with E-state index in [0.717, 1.165) is 6.42 Å². The Morgan fingerprint density at radius 3 is 1.88 bits per heavy atom. The molecular formula is C24H38Si. The van der Waals surface area contributed by atoms with Gasteiger partial charge in [-0.05, 0) is 86.5 Å². The normalized spacial score (nSPS) is 16.6. The summed E-state index contributed by atoms with van der Waals surface area (Å²) in [4.78, 5) is 0. The van der Waals surface area contributed by atoms with E-state index in [0.29, 0.717) is 0 Å². The zero-order valence-electron chi connectivity index (χ0n) is 17.9. The van der Waals surface area contributed by atoms with Crippen LogP contribution >= 0.6 is 0 Å². The van der Waals surface area contributed by atoms with Gasteiger partial charge in [0.1, 0.15) is 8.07 Å². The van der Waals surface area contributed by atoms with Gasteiger partial charge in [-0.1, -0.05) is 62.6 Å². The minimum Gasteiger partial charge on any atom is -0.0808 e. The van der Waals surface area contributed by atoms with Gasteiger partial charge in [-0.2, -0.15) is 0 Å². The quantitative estimate of drug-likeness (QED) is 0.467. The Bertz CT molecular complexity index is 676. The van der Waals surface area contributed by atoms with Crippen LogP contribution in [0.1, 0.15) is 73.8 Å². The lowest BCUT2D eigenvalue weighted by atomic mass is 9.95. The van der Waals surface area contributed by atoms with Gasteiger partial charge in [0.25, 0.3) is 0 Å². The van der Waals surface area contributed by atoms with Crippen LogP contribution in [0.2, 0.25) is 12.6 Å². The lowest BCUT2D eigenvalue weighted by Crippen LogP contribution is -2.50. The van der Waals surface area contributed by atoms with E-state index in [1.807, 2.05) is 0 Å². The molecule has 0 nitrogen and oxygen atoms in total. The van der Waals surface area contributed by atoms with Crippen molar-refractivity contribution in [3.05, 3.63) is 50.7 Å². The predicted octanol–water partition coefficient (Wildman–Crippen LogP) is 6.91. The molecule has 1 aromatic carbocycles. The van der Waals surface area contributed by atoms with Crippen molar-refractivity contribution in [2.24, 2.45) is 0 Å². The molecule has 1 heteroatoms. The summed E-state index contributed by atoms with van der Waals surface area (Å²) in [5.74, 6) is 0. The molecule has 0 saturated carbocycles. The first kappa shape index (κ1) is 20.2. The molecule has 1 aliphatic carbocycles. The van der Waals surface area contributed by atoms with E-state index in [2.05, 4.69) is 67.2 Å². The monoisotopic (exact) mass is 354 g/mol. The Hall–Kier alpha value is -1.08. The van der Waals surface area contributed by atoms with Crippen LogP contribution in [0.3, 0.4) is 0 Å². The molecule has 0 aliphatic heterocycles. The van der Waals surface area contributed by atoms with Gasteiger partial charge in [0, 0.05) is 0 Å². The highest BCUT2D eigenvalue weighted by atomic mass is 28.3. The topological polar surface area (TPSA) is 0 Å². The molecule has 0 fully saturated rings. The molecule has 0 amide bonds. The van der Waals surface area contributed by atoms with E-state index >= 15 is 0 Å². The van der Waals surface area contributed by atoms with Crippen molar-refractivity contribution in [3.8, 4) is 0 Å². The molecule has 0 radical (unpaired) electrons. The van der Waals surface area contributed by atoms with Crippen LogP contribution in [0.4, 0.5) is 0 Å². The van der Waals surface area contributed by atoms with E-state index in [9.17, 15) is 0 Å². The average Bonchev–Trinajstić information content (AvgIpc) is 3.06. The summed E-state index contributed by atoms with van der Waals surface area (Å²) in [7, 11) is -1.70. The second-order valence-corrected chi connectivity index (χ2v) is 12.5. The summed E-state index contributed by atoms with van der Waals surface area (Å²) in [6, 6.07) is 1.39. The van der Waals surface area contributed by atoms with Crippen LogP contribution in [0, 0.1) is 34.6 Å². The Morgan fingerprint density at radius 1 is 0.800 bits per heavy atom. The van der Waals surface area contributed by atoms with E-state index in [1.54, 1.807) is 27.1 Å². The van der Waals surface area contributed by atoms with Crippen molar-refractivity contribution in [2.45, 2.75) is 93.2 Å². The number of rotatable bonds is 7. The minimum atomic E-state index is -1.70. The van der Waals surface area contributed by atoms with Gasteiger partial charge in [-0.15, -0.1) is 0 Å². The molecule has 2 rings (SSSR count). The fourth-order valence-corrected chi connectivity index (χ4v) is 10.3. The van der Waals surface area contributed by atoms with Gasteiger partial charge in [0.05, 0.1) is 0 Å². The Labute approximate surface area is 157 Å². The maximum Gasteiger partial charge on any atom is 0.115 e. The molecule has 0 bridgehead atoms. The molecule has 1 atom stereocenters. The fourth-order valence-electron chi connectivity index (χ4n) is 4.90. The number of unbranched alkanes of at least 4 members (excludes halogenated alkanes) is 1. The first-order valence-electron chi connectivity index (χ1n) is 10.3. The summed E-state index contributed by atoms with van der Waals surface area (Å²) >= 11 is 0. The molecule has 1 aliphatic rings. The van der Waals surface area contributed by atoms with Crippen molar-refractivity contribution in [1.29, 1.82) is 0 Å². The highest BCUT2D eigenvalue weighted by molar-refractivity contribution is 6.98. The minimum absolute atomic E-state index is 1.15. The molecule has 0 heterocycles. The first-order chi connectivity index (χ1) is 11.8. The van der Waals surface area contributed by atoms with E-state index < -0.39 is 8.07 Å². The third kappa shape index (κ3) is 3.58. The summed E-state index contributed by atoms with van der Waals surface area (Å²) in [6.07, 6.45) is 11.4. The van der Waals surface area contributed by atoms with Crippen LogP contribution in [0.5, 0.6) is 0 Å². The number of hydrogen-bond acceptors (Lipinski definition) is 0. The smallest absolute Gasteiger partial charge is 0.0808 e. The maximum absolute atomic E-state index is 2.66. The molecule has 0 saturated heterocycles. The van der Waals surface area contributed by atoms with Crippen LogP contribution < -0.4 is 5.19 Å². The molecular weight excluding hydrogens is 316 g/mol. The number of hydrogen-bond donors (Lipinski definition) is 0. The van der Waals surface area contributed by atoms with Crippen LogP contribution in [-0.4, -0.2) is 8.07 Å². The maximum atomic E-state index is 2.66. The third-order valence-corrected chi connectivity index (χ3v) is 11.6. The number of allylic oxidation sites excluding steroid dienone is 4. The van der Waals surface area contributed by atoms with Crippen molar-refractivity contribution in [1.82, 2.24) is 0 Å². The number of benzene rings is 1. The molecule has 0 aromatic heterocycles. The van der Waals surface area contributed by atoms with E-state index in [1.165, 1.54) is 48.4 Å². The lowest BCUT2D eigenvalue weighted by Gasteiger charge is -2.36. The molecule has 1 unspecified atom stereocenters. The van der Waals surface area contributed by atoms with E-state index in [4.69, 9.17) is 0 Å². The SMILES string of the molecule is CCCC[Si](C)(C1=CCC=C1CCC)c1c(C)c(C)c(C)c(C)c1C. The van der Waals surface area contributed by atoms with Crippen molar-refractivity contribution in [3.63, 3.8) is 0 Å². The van der Waals surface area contributed by atoms with Gasteiger partial charge in [0.15, 0.2) is 0 Å². The summed E-state index contributed by atoms with van der Waals surface area (Å²) in [5.41, 5.74) is 9.36. The largest absolute Gasteiger partial charge is 0.115 e. The van der Waals surface area contributed by atoms with Gasteiger partial charge in [-0.25, -0.2) is 0 Å². The summed E-state index contributed by atoms with van der Waals surface area (Å²) in [6.45, 7) is 19.1. The first-order valence-corrected chi connectivity index (χ1v) is 13.0. The molecule has 0 spiro atoms. The Balaban J connectivity index is 2.69. The predicted molar refractivity (Wildman–Crippen MR) is 117 cm³/mol. The molecule has 0 N–H and O–H groups in total. The second-order valence-electron chi connectivity index (χ2n) is 8.27. The molecule has 138 valence electrons. The Morgan fingerprint density at radius 2 is 1.36 bits per heavy atom.